The van der Waals surface area contributed by atoms with Crippen LogP contribution in [0.4, 0.5) is 0 Å². The van der Waals surface area contributed by atoms with Crippen molar-refractivity contribution in [1.82, 2.24) is 10.3 Å². The Bertz CT molecular complexity index is 448. The van der Waals surface area contributed by atoms with Crippen molar-refractivity contribution in [3.8, 4) is 10.6 Å². The van der Waals surface area contributed by atoms with E-state index in [0.29, 0.717) is 5.92 Å². The van der Waals surface area contributed by atoms with E-state index in [9.17, 15) is 0 Å². The predicted molar refractivity (Wildman–Crippen MR) is 74.1 cm³/mol. The molecule has 0 bridgehead atoms. The minimum Gasteiger partial charge on any atom is -0.311 e. The molecule has 2 rings (SSSR count). The number of nitrogens with zero attached hydrogens (tertiary/aromatic N) is 1. The van der Waals surface area contributed by atoms with Crippen LogP contribution >= 0.6 is 11.3 Å². The van der Waals surface area contributed by atoms with Gasteiger partial charge in [0.2, 0.25) is 0 Å². The van der Waals surface area contributed by atoms with Gasteiger partial charge in [-0.1, -0.05) is 44.2 Å². The number of nitrogens with one attached hydrogen (secondary N) is 1. The molecule has 2 aromatic rings. The van der Waals surface area contributed by atoms with Gasteiger partial charge in [0.25, 0.3) is 0 Å². The third-order valence-electron chi connectivity index (χ3n) is 2.43. The van der Waals surface area contributed by atoms with E-state index >= 15 is 0 Å². The van der Waals surface area contributed by atoms with Gasteiger partial charge in [-0.05, 0) is 12.5 Å². The van der Waals surface area contributed by atoms with Crippen molar-refractivity contribution in [3.63, 3.8) is 0 Å². The zero-order chi connectivity index (χ0) is 12.1. The first kappa shape index (κ1) is 12.3. The lowest BCUT2D eigenvalue weighted by atomic mass is 10.2. The smallest absolute Gasteiger partial charge is 0.123 e. The second kappa shape index (κ2) is 5.94. The highest BCUT2D eigenvalue weighted by Gasteiger charge is 2.03. The van der Waals surface area contributed by atoms with E-state index < -0.39 is 0 Å². The summed E-state index contributed by atoms with van der Waals surface area (Å²) in [6, 6.07) is 10.3. The van der Waals surface area contributed by atoms with Crippen molar-refractivity contribution in [3.05, 3.63) is 41.4 Å². The van der Waals surface area contributed by atoms with Crippen molar-refractivity contribution in [2.75, 3.05) is 6.54 Å². The Hall–Kier alpha value is -1.19. The molecule has 1 heterocycles. The van der Waals surface area contributed by atoms with Crippen LogP contribution in [0.15, 0.2) is 35.7 Å². The lowest BCUT2D eigenvalue weighted by molar-refractivity contribution is 0.549. The van der Waals surface area contributed by atoms with Crippen LogP contribution in [0.5, 0.6) is 0 Å². The molecule has 1 aromatic heterocycles. The normalized spacial score (nSPS) is 11.0. The Morgan fingerprint density at radius 2 is 2.00 bits per heavy atom. The van der Waals surface area contributed by atoms with Crippen LogP contribution in [0, 0.1) is 5.92 Å². The van der Waals surface area contributed by atoms with Crippen LogP contribution in [-0.4, -0.2) is 11.5 Å². The first-order valence-electron chi connectivity index (χ1n) is 5.96. The van der Waals surface area contributed by atoms with E-state index in [4.69, 9.17) is 0 Å². The van der Waals surface area contributed by atoms with Gasteiger partial charge in [-0.2, -0.15) is 0 Å². The summed E-state index contributed by atoms with van der Waals surface area (Å²) in [5.74, 6) is 0.683. The highest BCUT2D eigenvalue weighted by molar-refractivity contribution is 7.13. The highest BCUT2D eigenvalue weighted by atomic mass is 32.1. The van der Waals surface area contributed by atoms with Crippen molar-refractivity contribution in [2.45, 2.75) is 20.4 Å². The molecule has 1 N–H and O–H groups in total. The number of benzene rings is 1. The van der Waals surface area contributed by atoms with Gasteiger partial charge in [0.1, 0.15) is 5.01 Å². The fourth-order valence-electron chi connectivity index (χ4n) is 1.59. The molecule has 0 fully saturated rings. The summed E-state index contributed by atoms with van der Waals surface area (Å²) in [6.45, 7) is 6.33. The molecule has 3 heteroatoms. The fraction of sp³-hybridized carbons (Fsp3) is 0.357. The van der Waals surface area contributed by atoms with Gasteiger partial charge < -0.3 is 5.32 Å². The SMILES string of the molecule is CC(C)CNCc1csc(-c2ccccc2)n1. The average molecular weight is 246 g/mol. The van der Waals surface area contributed by atoms with Gasteiger partial charge in [-0.15, -0.1) is 11.3 Å². The third kappa shape index (κ3) is 3.65. The molecule has 0 aliphatic heterocycles. The Balaban J connectivity index is 1.97. The molecule has 0 atom stereocenters. The van der Waals surface area contributed by atoms with E-state index in [1.807, 2.05) is 18.2 Å². The van der Waals surface area contributed by atoms with E-state index in [1.165, 1.54) is 5.56 Å². The molecule has 0 aliphatic carbocycles. The van der Waals surface area contributed by atoms with Gasteiger partial charge in [0, 0.05) is 17.5 Å². The van der Waals surface area contributed by atoms with Crippen LogP contribution in [0.1, 0.15) is 19.5 Å². The molecule has 0 aliphatic rings. The van der Waals surface area contributed by atoms with E-state index in [-0.39, 0.29) is 0 Å². The summed E-state index contributed by atoms with van der Waals surface area (Å²) in [5, 5.41) is 6.65. The van der Waals surface area contributed by atoms with E-state index in [1.54, 1.807) is 11.3 Å². The molecule has 17 heavy (non-hydrogen) atoms. The maximum absolute atomic E-state index is 4.63. The lowest BCUT2D eigenvalue weighted by Gasteiger charge is -2.04. The number of aromatic nitrogens is 1. The molecular formula is C14H18N2S. The molecule has 0 amide bonds. The standard InChI is InChI=1S/C14H18N2S/c1-11(2)8-15-9-13-10-17-14(16-13)12-6-4-3-5-7-12/h3-7,10-11,15H,8-9H2,1-2H3. The molecular weight excluding hydrogens is 228 g/mol. The maximum atomic E-state index is 4.63. The van der Waals surface area contributed by atoms with Gasteiger partial charge in [0.05, 0.1) is 5.69 Å². The third-order valence-corrected chi connectivity index (χ3v) is 3.37. The molecule has 90 valence electrons. The summed E-state index contributed by atoms with van der Waals surface area (Å²) in [4.78, 5) is 4.63. The number of thiazole rings is 1. The van der Waals surface area contributed by atoms with Gasteiger partial charge in [-0.3, -0.25) is 0 Å². The Morgan fingerprint density at radius 1 is 1.24 bits per heavy atom. The number of rotatable bonds is 5. The van der Waals surface area contributed by atoms with Gasteiger partial charge >= 0.3 is 0 Å². The fourth-order valence-corrected chi connectivity index (χ4v) is 2.42. The van der Waals surface area contributed by atoms with Crippen molar-refractivity contribution in [1.29, 1.82) is 0 Å². The molecule has 0 unspecified atom stereocenters. The topological polar surface area (TPSA) is 24.9 Å². The summed E-state index contributed by atoms with van der Waals surface area (Å²) in [6.07, 6.45) is 0. The summed E-state index contributed by atoms with van der Waals surface area (Å²) in [5.41, 5.74) is 2.34. The monoisotopic (exact) mass is 246 g/mol. The number of hydrogen-bond acceptors (Lipinski definition) is 3. The lowest BCUT2D eigenvalue weighted by Crippen LogP contribution is -2.19. The molecule has 1 aromatic carbocycles. The van der Waals surface area contributed by atoms with E-state index in [2.05, 4.69) is 41.7 Å². The first-order chi connectivity index (χ1) is 8.25. The minimum absolute atomic E-state index is 0.683. The van der Waals surface area contributed by atoms with Crippen molar-refractivity contribution >= 4 is 11.3 Å². The largest absolute Gasteiger partial charge is 0.311 e. The molecule has 0 spiro atoms. The Kier molecular flexibility index (Phi) is 4.29. The summed E-state index contributed by atoms with van der Waals surface area (Å²) < 4.78 is 0. The molecule has 2 nitrogen and oxygen atoms in total. The molecule has 0 saturated heterocycles. The van der Waals surface area contributed by atoms with Crippen LogP contribution in [0.3, 0.4) is 0 Å². The first-order valence-corrected chi connectivity index (χ1v) is 6.84. The zero-order valence-electron chi connectivity index (χ0n) is 10.3. The number of hydrogen-bond donors (Lipinski definition) is 1. The molecule has 0 radical (unpaired) electrons. The zero-order valence-corrected chi connectivity index (χ0v) is 11.1. The highest BCUT2D eigenvalue weighted by Crippen LogP contribution is 2.23. The van der Waals surface area contributed by atoms with Crippen LogP contribution in [-0.2, 0) is 6.54 Å². The second-order valence-corrected chi connectivity index (χ2v) is 5.39. The summed E-state index contributed by atoms with van der Waals surface area (Å²) >= 11 is 1.71. The molecule has 0 saturated carbocycles. The minimum atomic E-state index is 0.683. The van der Waals surface area contributed by atoms with Crippen molar-refractivity contribution < 1.29 is 0 Å². The summed E-state index contributed by atoms with van der Waals surface area (Å²) in [7, 11) is 0. The second-order valence-electron chi connectivity index (χ2n) is 4.53. The van der Waals surface area contributed by atoms with Gasteiger partial charge in [0.15, 0.2) is 0 Å². The predicted octanol–water partition coefficient (Wildman–Crippen LogP) is 3.56. The van der Waals surface area contributed by atoms with E-state index in [0.717, 1.165) is 23.8 Å². The maximum Gasteiger partial charge on any atom is 0.123 e. The van der Waals surface area contributed by atoms with Crippen LogP contribution in [0.2, 0.25) is 0 Å². The Morgan fingerprint density at radius 3 is 2.71 bits per heavy atom. The van der Waals surface area contributed by atoms with Crippen LogP contribution in [0.25, 0.3) is 10.6 Å². The van der Waals surface area contributed by atoms with Gasteiger partial charge in [-0.25, -0.2) is 4.98 Å². The Labute approximate surface area is 107 Å². The van der Waals surface area contributed by atoms with Crippen LogP contribution < -0.4 is 5.32 Å². The van der Waals surface area contributed by atoms with Crippen molar-refractivity contribution in [2.24, 2.45) is 5.92 Å². The average Bonchev–Trinajstić information content (AvgIpc) is 2.78. The quantitative estimate of drug-likeness (QED) is 0.872.